The van der Waals surface area contributed by atoms with Gasteiger partial charge in [-0.3, -0.25) is 9.69 Å². The molecular formula is C26H33ClN6O5S3. The first-order valence-corrected chi connectivity index (χ1v) is 17.2. The maximum absolute atomic E-state index is 13.8. The summed E-state index contributed by atoms with van der Waals surface area (Å²) in [6.07, 6.45) is 0.807. The molecule has 3 atom stereocenters. The van der Waals surface area contributed by atoms with E-state index in [1.165, 1.54) is 20.7 Å². The number of morpholine rings is 1. The lowest BCUT2D eigenvalue weighted by Gasteiger charge is -2.43. The molecule has 2 aromatic rings. The number of rotatable bonds is 4. The number of halogens is 1. The second-order valence-corrected chi connectivity index (χ2v) is 15.7. The highest BCUT2D eigenvalue weighted by atomic mass is 35.5. The number of fused-ring (bicyclic) bond motifs is 2. The fourth-order valence-corrected chi connectivity index (χ4v) is 10.3. The highest BCUT2D eigenvalue weighted by Crippen LogP contribution is 2.36. The van der Waals surface area contributed by atoms with E-state index in [1.807, 2.05) is 0 Å². The van der Waals surface area contributed by atoms with Gasteiger partial charge in [0.15, 0.2) is 0 Å². The molecule has 0 bridgehead atoms. The highest BCUT2D eigenvalue weighted by molar-refractivity contribution is 8.14. The number of nitrogens with zero attached hydrogens (tertiary/aromatic N) is 6. The number of hydrazone groups is 1. The van der Waals surface area contributed by atoms with Crippen molar-refractivity contribution < 1.29 is 22.7 Å². The minimum absolute atomic E-state index is 0.0285. The lowest BCUT2D eigenvalue weighted by molar-refractivity contribution is -0.136. The molecule has 3 unspecified atom stereocenters. The van der Waals surface area contributed by atoms with E-state index in [0.717, 1.165) is 21.6 Å². The number of piperazine rings is 1. The fraction of sp³-hybridized carbons (Fsp3) is 0.577. The molecule has 5 heterocycles. The van der Waals surface area contributed by atoms with Crippen LogP contribution in [0.3, 0.4) is 0 Å². The van der Waals surface area contributed by atoms with Crippen LogP contribution in [-0.2, 0) is 19.6 Å². The minimum atomic E-state index is -3.85. The molecule has 4 aliphatic heterocycles. The topological polar surface area (TPSA) is 106 Å². The Morgan fingerprint density at radius 1 is 1.12 bits per heavy atom. The lowest BCUT2D eigenvalue weighted by atomic mass is 10.1. The summed E-state index contributed by atoms with van der Waals surface area (Å²) in [4.78, 5) is 32.8. The number of hydrogen-bond donors (Lipinski definition) is 0. The summed E-state index contributed by atoms with van der Waals surface area (Å²) >= 11 is 8.95. The molecule has 4 aliphatic rings. The number of ether oxygens (including phenoxy) is 1. The first-order valence-electron chi connectivity index (χ1n) is 13.7. The molecule has 0 spiro atoms. The first kappa shape index (κ1) is 29.1. The molecule has 1 aromatic heterocycles. The van der Waals surface area contributed by atoms with Gasteiger partial charge in [0.05, 0.1) is 30.7 Å². The van der Waals surface area contributed by atoms with Gasteiger partial charge in [0, 0.05) is 55.4 Å². The standard InChI is InChI=1S/C26H33ClN6O5S3/c1-17-29(2)21-5-6-33(28-25(21)39-17)26(35)32-8-7-31(16-20(32)15-23(34)30-9-11-38-12-10-30)41(36,37)24-13-18-3-4-19(27)14-22(18)40-24/h3-4,13-14,17,20-21H,5-12,15-16H2,1-2H3. The minimum Gasteiger partial charge on any atom is -0.378 e. The zero-order valence-electron chi connectivity index (χ0n) is 22.9. The van der Waals surface area contributed by atoms with Crippen LogP contribution in [0.5, 0.6) is 0 Å². The molecule has 6 rings (SSSR count). The van der Waals surface area contributed by atoms with Gasteiger partial charge < -0.3 is 14.5 Å². The summed E-state index contributed by atoms with van der Waals surface area (Å²) < 4.78 is 35.4. The molecule has 0 saturated carbocycles. The number of urea groups is 1. The normalized spacial score (nSPS) is 26.4. The fourth-order valence-electron chi connectivity index (χ4n) is 5.73. The van der Waals surface area contributed by atoms with E-state index in [-0.39, 0.29) is 53.6 Å². The molecule has 11 nitrogen and oxygen atoms in total. The van der Waals surface area contributed by atoms with Crippen LogP contribution < -0.4 is 0 Å². The largest absolute Gasteiger partial charge is 0.378 e. The van der Waals surface area contributed by atoms with Crippen LogP contribution in [0.2, 0.25) is 5.02 Å². The maximum atomic E-state index is 13.8. The van der Waals surface area contributed by atoms with Crippen LogP contribution in [0.1, 0.15) is 19.8 Å². The number of thiophene rings is 1. The van der Waals surface area contributed by atoms with Crippen molar-refractivity contribution in [3.05, 3.63) is 29.3 Å². The number of amides is 3. The number of carbonyl (C=O) groups is 2. The molecule has 222 valence electrons. The number of benzene rings is 1. The third kappa shape index (κ3) is 5.71. The van der Waals surface area contributed by atoms with E-state index in [4.69, 9.17) is 21.4 Å². The molecule has 3 fully saturated rings. The molecule has 1 aromatic carbocycles. The molecule has 0 radical (unpaired) electrons. The lowest BCUT2D eigenvalue weighted by Crippen LogP contribution is -2.60. The predicted molar refractivity (Wildman–Crippen MR) is 161 cm³/mol. The summed E-state index contributed by atoms with van der Waals surface area (Å²) in [7, 11) is -1.78. The van der Waals surface area contributed by atoms with E-state index in [9.17, 15) is 18.0 Å². The van der Waals surface area contributed by atoms with E-state index in [1.54, 1.807) is 45.8 Å². The Balaban J connectivity index is 1.24. The van der Waals surface area contributed by atoms with Gasteiger partial charge in [-0.2, -0.15) is 9.41 Å². The van der Waals surface area contributed by atoms with Crippen LogP contribution in [0.15, 0.2) is 33.6 Å². The zero-order valence-corrected chi connectivity index (χ0v) is 26.1. The molecule has 3 amide bonds. The van der Waals surface area contributed by atoms with Gasteiger partial charge in [0.2, 0.25) is 5.91 Å². The van der Waals surface area contributed by atoms with Crippen molar-refractivity contribution in [2.75, 3.05) is 59.5 Å². The Morgan fingerprint density at radius 3 is 2.68 bits per heavy atom. The number of hydrogen-bond acceptors (Lipinski definition) is 9. The molecule has 0 N–H and O–H groups in total. The SMILES string of the molecule is CC1SC2=NN(C(=O)N3CCN(S(=O)(=O)c4cc5ccc(Cl)cc5s4)CC3CC(=O)N3CCOCC3)CCC2N1C. The Kier molecular flexibility index (Phi) is 8.26. The van der Waals surface area contributed by atoms with E-state index < -0.39 is 16.1 Å². The van der Waals surface area contributed by atoms with Crippen LogP contribution in [0, 0.1) is 0 Å². The van der Waals surface area contributed by atoms with Crippen molar-refractivity contribution in [3.63, 3.8) is 0 Å². The van der Waals surface area contributed by atoms with Gasteiger partial charge in [-0.15, -0.1) is 11.3 Å². The van der Waals surface area contributed by atoms with Gasteiger partial charge in [-0.05, 0) is 44.0 Å². The van der Waals surface area contributed by atoms with Crippen LogP contribution >= 0.6 is 34.7 Å². The maximum Gasteiger partial charge on any atom is 0.340 e. The third-order valence-corrected chi connectivity index (χ3v) is 13.1. The van der Waals surface area contributed by atoms with Gasteiger partial charge >= 0.3 is 6.03 Å². The van der Waals surface area contributed by atoms with Crippen molar-refractivity contribution in [1.82, 2.24) is 24.0 Å². The van der Waals surface area contributed by atoms with Gasteiger partial charge in [-0.25, -0.2) is 18.2 Å². The van der Waals surface area contributed by atoms with E-state index >= 15 is 0 Å². The quantitative estimate of drug-likeness (QED) is 0.506. The Morgan fingerprint density at radius 2 is 1.90 bits per heavy atom. The van der Waals surface area contributed by atoms with Crippen LogP contribution in [0.25, 0.3) is 10.1 Å². The van der Waals surface area contributed by atoms with E-state index in [2.05, 4.69) is 18.9 Å². The highest BCUT2D eigenvalue weighted by Gasteiger charge is 2.43. The zero-order chi connectivity index (χ0) is 28.9. The monoisotopic (exact) mass is 640 g/mol. The summed E-state index contributed by atoms with van der Waals surface area (Å²) in [5, 5.41) is 8.75. The molecule has 15 heteroatoms. The third-order valence-electron chi connectivity index (χ3n) is 8.21. The van der Waals surface area contributed by atoms with Crippen LogP contribution in [-0.4, -0.2) is 126 Å². The van der Waals surface area contributed by atoms with Crippen molar-refractivity contribution in [2.24, 2.45) is 5.10 Å². The number of sulfonamides is 1. The summed E-state index contributed by atoms with van der Waals surface area (Å²) in [5.41, 5.74) is 0. The van der Waals surface area contributed by atoms with Crippen molar-refractivity contribution >= 4 is 71.8 Å². The number of thioether (sulfide) groups is 1. The molecule has 0 aliphatic carbocycles. The summed E-state index contributed by atoms with van der Waals surface area (Å²) in [6.45, 7) is 4.82. The Hall–Kier alpha value is -1.94. The summed E-state index contributed by atoms with van der Waals surface area (Å²) in [6, 6.07) is 6.25. The average molecular weight is 641 g/mol. The molecular weight excluding hydrogens is 608 g/mol. The Labute approximate surface area is 253 Å². The van der Waals surface area contributed by atoms with Gasteiger partial charge in [-0.1, -0.05) is 29.4 Å². The first-order chi connectivity index (χ1) is 19.6. The van der Waals surface area contributed by atoms with Crippen molar-refractivity contribution in [2.45, 2.75) is 41.4 Å². The van der Waals surface area contributed by atoms with Crippen molar-refractivity contribution in [3.8, 4) is 0 Å². The van der Waals surface area contributed by atoms with Gasteiger partial charge in [0.1, 0.15) is 9.25 Å². The smallest absolute Gasteiger partial charge is 0.340 e. The second-order valence-electron chi connectivity index (χ2n) is 10.7. The molecule has 3 saturated heterocycles. The second kappa shape index (κ2) is 11.6. The van der Waals surface area contributed by atoms with Crippen molar-refractivity contribution in [1.29, 1.82) is 0 Å². The summed E-state index contributed by atoms with van der Waals surface area (Å²) in [5.74, 6) is -0.112. The Bertz CT molecular complexity index is 1480. The molecule has 41 heavy (non-hydrogen) atoms. The van der Waals surface area contributed by atoms with Gasteiger partial charge in [0.25, 0.3) is 10.0 Å². The van der Waals surface area contributed by atoms with Crippen LogP contribution in [0.4, 0.5) is 4.79 Å². The van der Waals surface area contributed by atoms with E-state index in [0.29, 0.717) is 37.9 Å². The predicted octanol–water partition coefficient (Wildman–Crippen LogP) is 3.01. The number of carbonyl (C=O) groups excluding carboxylic acids is 2. The average Bonchev–Trinajstić information content (AvgIpc) is 3.53.